The van der Waals surface area contributed by atoms with Crippen LogP contribution in [0.1, 0.15) is 22.0 Å². The monoisotopic (exact) mass is 313 g/mol. The Bertz CT molecular complexity index is 524. The van der Waals surface area contributed by atoms with Gasteiger partial charge in [-0.25, -0.2) is 4.39 Å². The molecular weight excluding hydrogens is 301 g/mol. The van der Waals surface area contributed by atoms with Gasteiger partial charge >= 0.3 is 0 Å². The lowest BCUT2D eigenvalue weighted by Gasteiger charge is -2.17. The molecule has 1 nitrogen and oxygen atoms in total. The van der Waals surface area contributed by atoms with E-state index in [1.807, 2.05) is 37.6 Å². The summed E-state index contributed by atoms with van der Waals surface area (Å²) < 4.78 is 15.0. The predicted molar refractivity (Wildman–Crippen MR) is 74.1 cm³/mol. The van der Waals surface area contributed by atoms with Gasteiger partial charge in [-0.05, 0) is 53.0 Å². The normalized spacial score (nSPS) is 12.7. The van der Waals surface area contributed by atoms with Gasteiger partial charge in [-0.15, -0.1) is 11.3 Å². The molecule has 0 amide bonds. The molecule has 0 fully saturated rings. The average Bonchev–Trinajstić information content (AvgIpc) is 2.69. The minimum Gasteiger partial charge on any atom is -0.309 e. The lowest BCUT2D eigenvalue weighted by Crippen LogP contribution is -2.18. The van der Waals surface area contributed by atoms with Crippen LogP contribution in [0.25, 0.3) is 0 Å². The van der Waals surface area contributed by atoms with Crippen molar-refractivity contribution in [2.24, 2.45) is 0 Å². The number of nitrogens with one attached hydrogen (secondary N) is 1. The highest BCUT2D eigenvalue weighted by atomic mass is 79.9. The van der Waals surface area contributed by atoms with Crippen molar-refractivity contribution in [2.75, 3.05) is 7.05 Å². The van der Waals surface area contributed by atoms with E-state index in [1.54, 1.807) is 17.4 Å². The fourth-order valence-corrected chi connectivity index (χ4v) is 3.53. The van der Waals surface area contributed by atoms with Gasteiger partial charge in [-0.1, -0.05) is 12.1 Å². The molecule has 1 N–H and O–H groups in total. The second-order valence-electron chi connectivity index (χ2n) is 3.88. The zero-order valence-electron chi connectivity index (χ0n) is 9.63. The molecular formula is C13H13BrFNS. The largest absolute Gasteiger partial charge is 0.309 e. The lowest BCUT2D eigenvalue weighted by molar-refractivity contribution is 0.578. The summed E-state index contributed by atoms with van der Waals surface area (Å²) in [6, 6.07) is 7.23. The van der Waals surface area contributed by atoms with Crippen LogP contribution in [0.15, 0.2) is 34.1 Å². The maximum atomic E-state index is 14.0. The molecule has 0 aliphatic carbocycles. The van der Waals surface area contributed by atoms with Crippen LogP contribution in [-0.4, -0.2) is 7.05 Å². The van der Waals surface area contributed by atoms with E-state index in [9.17, 15) is 4.39 Å². The van der Waals surface area contributed by atoms with E-state index in [4.69, 9.17) is 0 Å². The Morgan fingerprint density at radius 1 is 1.35 bits per heavy atom. The molecule has 17 heavy (non-hydrogen) atoms. The van der Waals surface area contributed by atoms with Crippen LogP contribution in [0, 0.1) is 12.7 Å². The van der Waals surface area contributed by atoms with Gasteiger partial charge in [0.1, 0.15) is 5.82 Å². The van der Waals surface area contributed by atoms with E-state index in [0.717, 1.165) is 14.9 Å². The van der Waals surface area contributed by atoms with E-state index in [0.29, 0.717) is 5.56 Å². The number of rotatable bonds is 3. The molecule has 1 atom stereocenters. The first kappa shape index (κ1) is 12.7. The molecule has 2 rings (SSSR count). The van der Waals surface area contributed by atoms with Crippen LogP contribution in [-0.2, 0) is 0 Å². The number of hydrogen-bond acceptors (Lipinski definition) is 2. The summed E-state index contributed by atoms with van der Waals surface area (Å²) >= 11 is 5.11. The Morgan fingerprint density at radius 3 is 2.65 bits per heavy atom. The number of thiophene rings is 1. The van der Waals surface area contributed by atoms with Crippen LogP contribution in [0.4, 0.5) is 4.39 Å². The minimum atomic E-state index is -0.162. The van der Waals surface area contributed by atoms with Crippen molar-refractivity contribution in [3.05, 3.63) is 55.9 Å². The molecule has 0 spiro atoms. The van der Waals surface area contributed by atoms with E-state index < -0.39 is 0 Å². The zero-order chi connectivity index (χ0) is 12.4. The minimum absolute atomic E-state index is 0.107. The third-order valence-corrected chi connectivity index (χ3v) is 4.60. The van der Waals surface area contributed by atoms with Gasteiger partial charge in [-0.3, -0.25) is 0 Å². The van der Waals surface area contributed by atoms with Crippen molar-refractivity contribution in [3.63, 3.8) is 0 Å². The van der Waals surface area contributed by atoms with Crippen LogP contribution in [0.3, 0.4) is 0 Å². The SMILES string of the molecule is CNC(c1ccc(C)cc1F)c1sccc1Br. The molecule has 90 valence electrons. The van der Waals surface area contributed by atoms with Gasteiger partial charge in [0.05, 0.1) is 6.04 Å². The molecule has 0 bridgehead atoms. The van der Waals surface area contributed by atoms with E-state index in [-0.39, 0.29) is 11.9 Å². The molecule has 1 heterocycles. The highest BCUT2D eigenvalue weighted by Crippen LogP contribution is 2.34. The van der Waals surface area contributed by atoms with Gasteiger partial charge in [-0.2, -0.15) is 0 Å². The number of aryl methyl sites for hydroxylation is 1. The molecule has 0 radical (unpaired) electrons. The maximum absolute atomic E-state index is 14.0. The summed E-state index contributed by atoms with van der Waals surface area (Å²) in [5.41, 5.74) is 1.62. The van der Waals surface area contributed by atoms with Crippen molar-refractivity contribution >= 4 is 27.3 Å². The summed E-state index contributed by atoms with van der Waals surface area (Å²) in [6.07, 6.45) is 0. The van der Waals surface area contributed by atoms with Crippen LogP contribution < -0.4 is 5.32 Å². The predicted octanol–water partition coefficient (Wildman–Crippen LogP) is 4.27. The molecule has 1 unspecified atom stereocenters. The molecule has 0 saturated heterocycles. The smallest absolute Gasteiger partial charge is 0.128 e. The first-order valence-electron chi connectivity index (χ1n) is 5.29. The fraction of sp³-hybridized carbons (Fsp3) is 0.231. The first-order chi connectivity index (χ1) is 8.13. The van der Waals surface area contributed by atoms with E-state index in [1.165, 1.54) is 0 Å². The van der Waals surface area contributed by atoms with Gasteiger partial charge in [0.25, 0.3) is 0 Å². The van der Waals surface area contributed by atoms with Gasteiger partial charge in [0, 0.05) is 14.9 Å². The second-order valence-corrected chi connectivity index (χ2v) is 5.68. The summed E-state index contributed by atoms with van der Waals surface area (Å²) in [5, 5.41) is 5.16. The summed E-state index contributed by atoms with van der Waals surface area (Å²) in [6.45, 7) is 1.89. The molecule has 0 saturated carbocycles. The molecule has 0 aliphatic heterocycles. The number of benzene rings is 1. The molecule has 1 aromatic carbocycles. The number of halogens is 2. The molecule has 0 aliphatic rings. The number of hydrogen-bond donors (Lipinski definition) is 1. The van der Waals surface area contributed by atoms with Crippen molar-refractivity contribution in [1.29, 1.82) is 0 Å². The summed E-state index contributed by atoms with van der Waals surface area (Å²) in [5.74, 6) is -0.162. The van der Waals surface area contributed by atoms with Crippen LogP contribution in [0.2, 0.25) is 0 Å². The van der Waals surface area contributed by atoms with Gasteiger partial charge in [0.15, 0.2) is 0 Å². The average molecular weight is 314 g/mol. The van der Waals surface area contributed by atoms with Crippen LogP contribution >= 0.6 is 27.3 Å². The first-order valence-corrected chi connectivity index (χ1v) is 6.97. The third kappa shape index (κ3) is 2.59. The molecule has 1 aromatic heterocycles. The Labute approximate surface area is 113 Å². The Kier molecular flexibility index (Phi) is 3.97. The summed E-state index contributed by atoms with van der Waals surface area (Å²) in [4.78, 5) is 1.09. The van der Waals surface area contributed by atoms with Crippen LogP contribution in [0.5, 0.6) is 0 Å². The quantitative estimate of drug-likeness (QED) is 0.892. The molecule has 2 aromatic rings. The second kappa shape index (κ2) is 5.29. The zero-order valence-corrected chi connectivity index (χ0v) is 12.0. The summed E-state index contributed by atoms with van der Waals surface area (Å²) in [7, 11) is 1.84. The third-order valence-electron chi connectivity index (χ3n) is 2.66. The van der Waals surface area contributed by atoms with E-state index in [2.05, 4.69) is 21.2 Å². The van der Waals surface area contributed by atoms with E-state index >= 15 is 0 Å². The standard InChI is InChI=1S/C13H13BrFNS/c1-8-3-4-9(11(15)7-8)12(16-2)13-10(14)5-6-17-13/h3-7,12,16H,1-2H3. The van der Waals surface area contributed by atoms with Gasteiger partial charge in [0.2, 0.25) is 0 Å². The Balaban J connectivity index is 2.46. The Morgan fingerprint density at radius 2 is 2.12 bits per heavy atom. The highest BCUT2D eigenvalue weighted by Gasteiger charge is 2.19. The van der Waals surface area contributed by atoms with Gasteiger partial charge < -0.3 is 5.32 Å². The van der Waals surface area contributed by atoms with Crippen molar-refractivity contribution in [1.82, 2.24) is 5.32 Å². The highest BCUT2D eigenvalue weighted by molar-refractivity contribution is 9.10. The van der Waals surface area contributed by atoms with Crippen molar-refractivity contribution in [2.45, 2.75) is 13.0 Å². The fourth-order valence-electron chi connectivity index (χ4n) is 1.81. The van der Waals surface area contributed by atoms with Crippen molar-refractivity contribution < 1.29 is 4.39 Å². The lowest BCUT2D eigenvalue weighted by atomic mass is 10.0. The Hall–Kier alpha value is -0.710. The molecule has 4 heteroatoms. The topological polar surface area (TPSA) is 12.0 Å². The maximum Gasteiger partial charge on any atom is 0.128 e. The van der Waals surface area contributed by atoms with Crippen molar-refractivity contribution in [3.8, 4) is 0 Å².